The molecule has 3 saturated heterocycles. The van der Waals surface area contributed by atoms with Crippen LogP contribution in [0.2, 0.25) is 0 Å². The molecule has 0 bridgehead atoms. The molecule has 2 N–H and O–H groups in total. The van der Waals surface area contributed by atoms with Gasteiger partial charge in [-0.1, -0.05) is 6.42 Å². The highest BCUT2D eigenvalue weighted by Gasteiger charge is 2.51. The third kappa shape index (κ3) is 5.54. The first-order valence-electron chi connectivity index (χ1n) is 11.9. The lowest BCUT2D eigenvalue weighted by molar-refractivity contribution is -0.321. The largest absolute Gasteiger partial charge is 0.522 e. The highest BCUT2D eigenvalue weighted by Crippen LogP contribution is 2.43. The summed E-state index contributed by atoms with van der Waals surface area (Å²) in [7, 11) is 0. The van der Waals surface area contributed by atoms with Crippen LogP contribution in [0.25, 0.3) is 0 Å². The van der Waals surface area contributed by atoms with Crippen molar-refractivity contribution in [2.45, 2.75) is 69.5 Å². The van der Waals surface area contributed by atoms with E-state index in [4.69, 9.17) is 4.74 Å². The van der Waals surface area contributed by atoms with Crippen molar-refractivity contribution >= 4 is 23.5 Å². The van der Waals surface area contributed by atoms with Gasteiger partial charge in [-0.05, 0) is 50.4 Å². The summed E-state index contributed by atoms with van der Waals surface area (Å²) in [5.41, 5.74) is 0. The number of rotatable bonds is 8. The van der Waals surface area contributed by atoms with Gasteiger partial charge in [-0.15, -0.1) is 13.2 Å². The van der Waals surface area contributed by atoms with Gasteiger partial charge in [0.1, 0.15) is 18.8 Å². The van der Waals surface area contributed by atoms with Crippen molar-refractivity contribution in [2.24, 2.45) is 17.8 Å². The Balaban J connectivity index is 1.49. The van der Waals surface area contributed by atoms with Crippen molar-refractivity contribution < 1.29 is 41.8 Å². The molecule has 0 aromatic rings. The van der Waals surface area contributed by atoms with Crippen molar-refractivity contribution in [3.05, 3.63) is 0 Å². The molecular weight excluding hydrogens is 459 g/mol. The van der Waals surface area contributed by atoms with Crippen LogP contribution in [-0.2, 0) is 28.7 Å². The Morgan fingerprint density at radius 3 is 2.62 bits per heavy atom. The molecule has 1 saturated carbocycles. The first kappa shape index (κ1) is 24.9. The van der Waals surface area contributed by atoms with E-state index in [1.165, 1.54) is 4.90 Å². The predicted molar refractivity (Wildman–Crippen MR) is 110 cm³/mol. The molecule has 6 atom stereocenters. The molecular formula is C22H30F3N3O6. The SMILES string of the molecule is O=C1NCCC1CC(NC(=O)C1C2CCCC2CN1C(=O)[C@H]1CCCO1)C(=O)COC(F)(F)F. The van der Waals surface area contributed by atoms with E-state index in [1.54, 1.807) is 0 Å². The molecule has 3 amide bonds. The Morgan fingerprint density at radius 1 is 1.18 bits per heavy atom. The molecule has 9 nitrogen and oxygen atoms in total. The quantitative estimate of drug-likeness (QED) is 0.524. The number of hydrogen-bond acceptors (Lipinski definition) is 6. The van der Waals surface area contributed by atoms with Gasteiger partial charge in [0.25, 0.3) is 5.91 Å². The molecule has 0 aromatic carbocycles. The van der Waals surface area contributed by atoms with E-state index in [1.807, 2.05) is 0 Å². The van der Waals surface area contributed by atoms with E-state index in [-0.39, 0.29) is 30.1 Å². The number of fused-ring (bicyclic) bond motifs is 1. The third-order valence-electron chi connectivity index (χ3n) is 7.41. The van der Waals surface area contributed by atoms with Crippen molar-refractivity contribution in [1.29, 1.82) is 0 Å². The number of carbonyl (C=O) groups is 4. The van der Waals surface area contributed by atoms with Crippen molar-refractivity contribution in [1.82, 2.24) is 15.5 Å². The molecule has 190 valence electrons. The number of alkyl halides is 3. The van der Waals surface area contributed by atoms with E-state index < -0.39 is 48.8 Å². The highest BCUT2D eigenvalue weighted by molar-refractivity contribution is 5.95. The Bertz CT molecular complexity index is 816. The zero-order chi connectivity index (χ0) is 24.5. The molecule has 4 aliphatic rings. The van der Waals surface area contributed by atoms with E-state index in [2.05, 4.69) is 15.4 Å². The number of halogens is 3. The molecule has 0 spiro atoms. The Hall–Kier alpha value is -2.21. The molecule has 5 unspecified atom stereocenters. The topological polar surface area (TPSA) is 114 Å². The minimum atomic E-state index is -5.00. The van der Waals surface area contributed by atoms with Gasteiger partial charge < -0.3 is 20.3 Å². The van der Waals surface area contributed by atoms with Crippen molar-refractivity contribution in [3.8, 4) is 0 Å². The maximum Gasteiger partial charge on any atom is 0.522 e. The Morgan fingerprint density at radius 2 is 1.97 bits per heavy atom. The lowest BCUT2D eigenvalue weighted by Crippen LogP contribution is -2.55. The number of hydrogen-bond donors (Lipinski definition) is 2. The Kier molecular flexibility index (Phi) is 7.46. The second-order valence-electron chi connectivity index (χ2n) is 9.57. The average molecular weight is 489 g/mol. The molecule has 3 aliphatic heterocycles. The summed E-state index contributed by atoms with van der Waals surface area (Å²) in [6, 6.07) is -2.15. The number of carbonyl (C=O) groups excluding carboxylic acids is 4. The summed E-state index contributed by atoms with van der Waals surface area (Å²) in [4.78, 5) is 52.7. The molecule has 0 radical (unpaired) electrons. The van der Waals surface area contributed by atoms with Gasteiger partial charge in [-0.25, -0.2) is 0 Å². The van der Waals surface area contributed by atoms with Gasteiger partial charge in [0, 0.05) is 25.6 Å². The van der Waals surface area contributed by atoms with E-state index in [0.717, 1.165) is 25.7 Å². The van der Waals surface area contributed by atoms with Gasteiger partial charge in [0.2, 0.25) is 11.8 Å². The van der Waals surface area contributed by atoms with Gasteiger partial charge in [0.15, 0.2) is 5.78 Å². The molecule has 1 aliphatic carbocycles. The molecule has 0 aromatic heterocycles. The Labute approximate surface area is 195 Å². The standard InChI is InChI=1S/C22H30F3N3O6/c23-22(24,25)34-11-16(29)15(9-12-6-7-26-19(12)30)27-20(31)18-14-4-1-3-13(14)10-28(18)21(32)17-5-2-8-33-17/h12-15,17-18H,1-11H2,(H,26,30)(H,27,31)/t12?,13?,14?,15?,17-,18?/m1/s1. The van der Waals surface area contributed by atoms with Crippen LogP contribution in [0.15, 0.2) is 0 Å². The number of likely N-dealkylation sites (tertiary alicyclic amines) is 1. The fourth-order valence-electron chi connectivity index (χ4n) is 5.76. The molecule has 3 heterocycles. The zero-order valence-corrected chi connectivity index (χ0v) is 18.8. The summed E-state index contributed by atoms with van der Waals surface area (Å²) in [6.45, 7) is 0.0288. The number of amides is 3. The van der Waals surface area contributed by atoms with Gasteiger partial charge >= 0.3 is 6.36 Å². The van der Waals surface area contributed by atoms with Gasteiger partial charge in [0.05, 0.1) is 6.04 Å². The summed E-state index contributed by atoms with van der Waals surface area (Å²) in [5, 5.41) is 5.20. The van der Waals surface area contributed by atoms with Crippen LogP contribution >= 0.6 is 0 Å². The summed E-state index contributed by atoms with van der Waals surface area (Å²) in [5.74, 6) is -2.65. The molecule has 12 heteroatoms. The second kappa shape index (κ2) is 10.2. The second-order valence-corrected chi connectivity index (χ2v) is 9.57. The monoisotopic (exact) mass is 489 g/mol. The van der Waals surface area contributed by atoms with Gasteiger partial charge in [-0.3, -0.25) is 23.9 Å². The normalized spacial score (nSPS) is 31.9. The average Bonchev–Trinajstić information content (AvgIpc) is 3.55. The third-order valence-corrected chi connectivity index (χ3v) is 7.41. The van der Waals surface area contributed by atoms with Crippen LogP contribution < -0.4 is 10.6 Å². The maximum absolute atomic E-state index is 13.4. The minimum Gasteiger partial charge on any atom is -0.368 e. The fraction of sp³-hybridized carbons (Fsp3) is 0.818. The highest BCUT2D eigenvalue weighted by atomic mass is 19.4. The van der Waals surface area contributed by atoms with E-state index in [0.29, 0.717) is 32.5 Å². The van der Waals surface area contributed by atoms with Crippen LogP contribution in [0.4, 0.5) is 13.2 Å². The summed E-state index contributed by atoms with van der Waals surface area (Å²) < 4.78 is 46.7. The number of nitrogens with one attached hydrogen (secondary N) is 2. The fourth-order valence-corrected chi connectivity index (χ4v) is 5.76. The van der Waals surface area contributed by atoms with Crippen LogP contribution in [0.3, 0.4) is 0 Å². The molecule has 4 fully saturated rings. The number of nitrogens with zero attached hydrogens (tertiary/aromatic N) is 1. The predicted octanol–water partition coefficient (Wildman–Crippen LogP) is 0.909. The van der Waals surface area contributed by atoms with Crippen LogP contribution in [-0.4, -0.2) is 79.3 Å². The first-order chi connectivity index (χ1) is 16.1. The summed E-state index contributed by atoms with van der Waals surface area (Å²) >= 11 is 0. The maximum atomic E-state index is 13.4. The van der Waals surface area contributed by atoms with Crippen LogP contribution in [0.5, 0.6) is 0 Å². The first-order valence-corrected chi connectivity index (χ1v) is 11.9. The number of ketones is 1. The molecule has 4 rings (SSSR count). The number of Topliss-reactive ketones (excluding diaryl/α,β-unsaturated/α-hetero) is 1. The van der Waals surface area contributed by atoms with Crippen LogP contribution in [0, 0.1) is 17.8 Å². The van der Waals surface area contributed by atoms with E-state index in [9.17, 15) is 32.3 Å². The molecule has 34 heavy (non-hydrogen) atoms. The van der Waals surface area contributed by atoms with Gasteiger partial charge in [-0.2, -0.15) is 0 Å². The van der Waals surface area contributed by atoms with Crippen LogP contribution in [0.1, 0.15) is 44.9 Å². The zero-order valence-electron chi connectivity index (χ0n) is 18.8. The summed E-state index contributed by atoms with van der Waals surface area (Å²) in [6.07, 6.45) is -1.43. The smallest absolute Gasteiger partial charge is 0.368 e. The lowest BCUT2D eigenvalue weighted by atomic mass is 9.92. The minimum absolute atomic E-state index is 0.0812. The lowest BCUT2D eigenvalue weighted by Gasteiger charge is -2.30. The van der Waals surface area contributed by atoms with Crippen molar-refractivity contribution in [2.75, 3.05) is 26.3 Å². The van der Waals surface area contributed by atoms with Crippen molar-refractivity contribution in [3.63, 3.8) is 0 Å². The number of ether oxygens (including phenoxy) is 2. The van der Waals surface area contributed by atoms with E-state index >= 15 is 0 Å².